The van der Waals surface area contributed by atoms with Crippen LogP contribution < -0.4 is 4.57 Å². The molecular weight excluding hydrogens is 297 g/mol. The second-order valence-electron chi connectivity index (χ2n) is 6.97. The Hall–Kier alpha value is -1.89. The van der Waals surface area contributed by atoms with E-state index in [-0.39, 0.29) is 0 Å². The zero-order valence-electron chi connectivity index (χ0n) is 14.1. The van der Waals surface area contributed by atoms with Crippen molar-refractivity contribution in [1.82, 2.24) is 9.55 Å². The Labute approximate surface area is 143 Å². The summed E-state index contributed by atoms with van der Waals surface area (Å²) in [5, 5.41) is 0. The van der Waals surface area contributed by atoms with Crippen molar-refractivity contribution in [2.45, 2.75) is 26.7 Å². The van der Waals surface area contributed by atoms with Crippen molar-refractivity contribution in [3.05, 3.63) is 56.9 Å². The van der Waals surface area contributed by atoms with Crippen molar-refractivity contribution in [2.75, 3.05) is 0 Å². The van der Waals surface area contributed by atoms with Crippen molar-refractivity contribution in [3.8, 4) is 5.82 Å². The van der Waals surface area contributed by atoms with Gasteiger partial charge in [-0.25, -0.2) is 9.55 Å². The fraction of sp³-hybridized carbons (Fsp3) is 0.263. The Balaban J connectivity index is 1.95. The van der Waals surface area contributed by atoms with Crippen molar-refractivity contribution in [3.63, 3.8) is 0 Å². The molecule has 5 rings (SSSR count). The first kappa shape index (κ1) is 13.5. The first-order chi connectivity index (χ1) is 11.1. The predicted octanol–water partition coefficient (Wildman–Crippen LogP) is 1.98. The van der Waals surface area contributed by atoms with Crippen molar-refractivity contribution < 1.29 is 4.57 Å². The maximum atomic E-state index is 4.95. The molecule has 3 aromatic rings. The monoisotopic (exact) mass is 316 g/mol. The van der Waals surface area contributed by atoms with Crippen molar-refractivity contribution in [1.29, 1.82) is 0 Å². The molecule has 0 fully saturated rings. The molecule has 3 nitrogen and oxygen atoms in total. The summed E-state index contributed by atoms with van der Waals surface area (Å²) in [7, 11) is 2.17. The van der Waals surface area contributed by atoms with E-state index in [4.69, 9.17) is 4.98 Å². The van der Waals surface area contributed by atoms with Crippen LogP contribution in [0.5, 0.6) is 0 Å². The SMILES string of the molecule is CC1=[C]([AlH2])Cc2ccc3nc4n(c3c21)-c1c(ccc(C)[n+]1C)C4. The second kappa shape index (κ2) is 4.35. The zero-order chi connectivity index (χ0) is 15.9. The number of hydrogen-bond acceptors (Lipinski definition) is 1. The van der Waals surface area contributed by atoms with E-state index in [0.29, 0.717) is 0 Å². The predicted molar refractivity (Wildman–Crippen MR) is 94.6 cm³/mol. The molecule has 0 saturated carbocycles. The Bertz CT molecular complexity index is 1060. The van der Waals surface area contributed by atoms with Gasteiger partial charge in [-0.1, -0.05) is 11.6 Å². The largest absolute Gasteiger partial charge is 0.291 e. The smallest absolute Gasteiger partial charge is 0.234 e. The topological polar surface area (TPSA) is 21.7 Å². The van der Waals surface area contributed by atoms with Crippen LogP contribution in [0.25, 0.3) is 22.4 Å². The highest BCUT2D eigenvalue weighted by Crippen LogP contribution is 2.40. The lowest BCUT2D eigenvalue weighted by molar-refractivity contribution is -0.671. The van der Waals surface area contributed by atoms with Crippen LogP contribution in [0.1, 0.15) is 35.1 Å². The van der Waals surface area contributed by atoms with Gasteiger partial charge in [0, 0.05) is 5.56 Å². The molecule has 1 aromatic carbocycles. The minimum absolute atomic E-state index is 0.934. The van der Waals surface area contributed by atoms with Gasteiger partial charge in [0.25, 0.3) is 22.1 Å². The first-order valence-corrected chi connectivity index (χ1v) is 9.25. The molecule has 0 bridgehead atoms. The van der Waals surface area contributed by atoms with Gasteiger partial charge in [-0.15, -0.1) is 4.44 Å². The fourth-order valence-corrected chi connectivity index (χ4v) is 4.82. The van der Waals surface area contributed by atoms with Crippen molar-refractivity contribution >= 4 is 32.9 Å². The van der Waals surface area contributed by atoms with E-state index in [1.54, 1.807) is 4.44 Å². The zero-order valence-corrected chi connectivity index (χ0v) is 16.1. The summed E-state index contributed by atoms with van der Waals surface area (Å²) in [6.07, 6.45) is 2.07. The van der Waals surface area contributed by atoms with Gasteiger partial charge >= 0.3 is 0 Å². The maximum Gasteiger partial charge on any atom is 0.291 e. The van der Waals surface area contributed by atoms with Gasteiger partial charge < -0.3 is 0 Å². The van der Waals surface area contributed by atoms with Gasteiger partial charge in [0.15, 0.2) is 5.52 Å². The second-order valence-corrected chi connectivity index (χ2v) is 8.18. The Morgan fingerprint density at radius 3 is 2.70 bits per heavy atom. The maximum absolute atomic E-state index is 4.95. The Morgan fingerprint density at radius 2 is 1.87 bits per heavy atom. The summed E-state index contributed by atoms with van der Waals surface area (Å²) >= 11 is 1.15. The van der Waals surface area contributed by atoms with Gasteiger partial charge in [0.1, 0.15) is 11.2 Å². The van der Waals surface area contributed by atoms with Crippen LogP contribution in [0.3, 0.4) is 0 Å². The number of rotatable bonds is 0. The number of hydrogen-bond donors (Lipinski definition) is 0. The highest BCUT2D eigenvalue weighted by molar-refractivity contribution is 6.27. The summed E-state index contributed by atoms with van der Waals surface area (Å²) in [5.41, 5.74) is 9.53. The van der Waals surface area contributed by atoms with E-state index in [1.165, 1.54) is 45.1 Å². The number of imidazole rings is 1. The van der Waals surface area contributed by atoms with Crippen LogP contribution in [0.2, 0.25) is 0 Å². The molecule has 23 heavy (non-hydrogen) atoms. The van der Waals surface area contributed by atoms with Gasteiger partial charge in [0.05, 0.1) is 19.0 Å². The molecule has 0 spiro atoms. The third kappa shape index (κ3) is 1.61. The van der Waals surface area contributed by atoms with Crippen LogP contribution in [0.4, 0.5) is 0 Å². The number of allylic oxidation sites excluding steroid dienone is 2. The minimum Gasteiger partial charge on any atom is -0.234 e. The molecule has 0 radical (unpaired) electrons. The summed E-state index contributed by atoms with van der Waals surface area (Å²) in [6.45, 7) is 4.46. The highest BCUT2D eigenvalue weighted by atomic mass is 27.0. The van der Waals surface area contributed by atoms with E-state index in [2.05, 4.69) is 54.3 Å². The minimum atomic E-state index is 0.934. The number of aryl methyl sites for hydroxylation is 1. The van der Waals surface area contributed by atoms with Crippen LogP contribution in [0, 0.1) is 6.92 Å². The molecule has 0 atom stereocenters. The van der Waals surface area contributed by atoms with Gasteiger partial charge in [-0.2, -0.15) is 4.57 Å². The number of benzene rings is 1. The van der Waals surface area contributed by atoms with E-state index >= 15 is 0 Å². The third-order valence-electron chi connectivity index (χ3n) is 5.66. The Morgan fingerprint density at radius 1 is 1.09 bits per heavy atom. The third-order valence-corrected chi connectivity index (χ3v) is 6.77. The van der Waals surface area contributed by atoms with Crippen LogP contribution in [-0.4, -0.2) is 25.8 Å². The van der Waals surface area contributed by atoms with E-state index in [0.717, 1.165) is 34.6 Å². The molecule has 2 aliphatic rings. The molecule has 2 aromatic heterocycles. The van der Waals surface area contributed by atoms with Crippen LogP contribution >= 0.6 is 0 Å². The Kier molecular flexibility index (Phi) is 2.56. The molecule has 4 heteroatoms. The molecule has 0 saturated heterocycles. The quantitative estimate of drug-likeness (QED) is 0.359. The summed E-state index contributed by atoms with van der Waals surface area (Å²) in [4.78, 5) is 4.95. The van der Waals surface area contributed by atoms with Gasteiger partial charge in [-0.05, 0) is 44.0 Å². The number of aromatic nitrogens is 3. The molecule has 0 N–H and O–H groups in total. The summed E-state index contributed by atoms with van der Waals surface area (Å²) in [6, 6.07) is 8.96. The molecule has 112 valence electrons. The van der Waals surface area contributed by atoms with E-state index < -0.39 is 0 Å². The van der Waals surface area contributed by atoms with Gasteiger partial charge in [0.2, 0.25) is 5.82 Å². The van der Waals surface area contributed by atoms with E-state index in [1.807, 2.05) is 0 Å². The average Bonchev–Trinajstić information content (AvgIpc) is 3.14. The van der Waals surface area contributed by atoms with Crippen LogP contribution in [-0.2, 0) is 19.9 Å². The normalized spacial score (nSPS) is 15.3. The standard InChI is InChI=1S/C19H17N3.Al.2H/c1-11-4-6-13-8-9-15-18(17(11)13)22-16(20-15)10-14-7-5-12(2)21(3)19(14)22;;;/h5,7-9H,6,10H2,1-3H3;;;/q+1;;;. The highest BCUT2D eigenvalue weighted by Gasteiger charge is 2.35. The molecule has 0 amide bonds. The number of nitrogens with zero attached hydrogens (tertiary/aromatic N) is 3. The number of fused-ring (bicyclic) bond motifs is 7. The molecule has 3 heterocycles. The lowest BCUT2D eigenvalue weighted by atomic mass is 10.0. The van der Waals surface area contributed by atoms with E-state index in [9.17, 15) is 0 Å². The van der Waals surface area contributed by atoms with Crippen molar-refractivity contribution in [2.24, 2.45) is 7.05 Å². The van der Waals surface area contributed by atoms with Crippen LogP contribution in [0.15, 0.2) is 28.7 Å². The van der Waals surface area contributed by atoms with Gasteiger partial charge in [-0.3, -0.25) is 0 Å². The molecule has 1 aliphatic heterocycles. The number of pyridine rings is 1. The summed E-state index contributed by atoms with van der Waals surface area (Å²) < 4.78 is 6.34. The molecular formula is C19H19AlN3+. The summed E-state index contributed by atoms with van der Waals surface area (Å²) in [5.74, 6) is 2.48. The fourth-order valence-electron chi connectivity index (χ4n) is 4.19. The first-order valence-electron chi connectivity index (χ1n) is 8.25. The molecule has 1 aliphatic carbocycles. The molecule has 0 unspecified atom stereocenters. The lowest BCUT2D eigenvalue weighted by Gasteiger charge is -2.07. The lowest BCUT2D eigenvalue weighted by Crippen LogP contribution is -2.37. The average molecular weight is 316 g/mol.